The molecule has 1 aliphatic rings. The molecule has 0 spiro atoms. The number of aryl methyl sites for hydroxylation is 3. The highest BCUT2D eigenvalue weighted by atomic mass is 16.2. The third-order valence-electron chi connectivity index (χ3n) is 5.23. The average molecular weight is 365 g/mol. The Kier molecular flexibility index (Phi) is 5.59. The number of amides is 2. The summed E-state index contributed by atoms with van der Waals surface area (Å²) in [4.78, 5) is 31.5. The van der Waals surface area contributed by atoms with Gasteiger partial charge in [0.15, 0.2) is 0 Å². The maximum Gasteiger partial charge on any atom is 0.274 e. The molecule has 0 atom stereocenters. The Bertz CT molecular complexity index is 845. The van der Waals surface area contributed by atoms with Gasteiger partial charge < -0.3 is 10.2 Å². The molecule has 0 bridgehead atoms. The number of likely N-dealkylation sites (tertiary alicyclic amines) is 1. The Balaban J connectivity index is 1.77. The Labute approximate surface area is 160 Å². The molecule has 1 aliphatic heterocycles. The van der Waals surface area contributed by atoms with Crippen molar-refractivity contribution in [2.24, 2.45) is 5.92 Å². The van der Waals surface area contributed by atoms with Crippen molar-refractivity contribution in [2.75, 3.05) is 18.4 Å². The number of carbonyl (C=O) groups is 2. The first kappa shape index (κ1) is 19.1. The van der Waals surface area contributed by atoms with Crippen molar-refractivity contribution in [1.82, 2.24) is 9.88 Å². The molecule has 1 N–H and O–H groups in total. The Hall–Kier alpha value is -2.69. The van der Waals surface area contributed by atoms with Gasteiger partial charge in [-0.05, 0) is 62.8 Å². The normalized spacial score (nSPS) is 14.9. The highest BCUT2D eigenvalue weighted by molar-refractivity contribution is 6.05. The second kappa shape index (κ2) is 7.91. The molecule has 2 heterocycles. The molecule has 1 saturated heterocycles. The zero-order chi connectivity index (χ0) is 19.6. The molecule has 0 aliphatic carbocycles. The summed E-state index contributed by atoms with van der Waals surface area (Å²) < 4.78 is 0. The Morgan fingerprint density at radius 3 is 2.33 bits per heavy atom. The second-order valence-corrected chi connectivity index (χ2v) is 7.63. The van der Waals surface area contributed by atoms with E-state index in [9.17, 15) is 9.59 Å². The zero-order valence-electron chi connectivity index (χ0n) is 16.5. The van der Waals surface area contributed by atoms with E-state index in [1.54, 1.807) is 12.1 Å². The standard InChI is InChI=1S/C22H27N3O2/c1-14-6-9-25(10-7-14)22(27)18-5-8-23-19(13-18)21(26)24-20-16(3)11-15(2)12-17(20)4/h5,8,11-14H,6-7,9-10H2,1-4H3,(H,24,26). The van der Waals surface area contributed by atoms with Gasteiger partial charge in [-0.3, -0.25) is 14.6 Å². The van der Waals surface area contributed by atoms with Gasteiger partial charge in [-0.1, -0.05) is 24.6 Å². The van der Waals surface area contributed by atoms with Gasteiger partial charge in [0.05, 0.1) is 0 Å². The summed E-state index contributed by atoms with van der Waals surface area (Å²) in [5.74, 6) is 0.335. The summed E-state index contributed by atoms with van der Waals surface area (Å²) in [5, 5.41) is 2.95. The molecular weight excluding hydrogens is 338 g/mol. The number of hydrogen-bond donors (Lipinski definition) is 1. The molecule has 2 aromatic rings. The van der Waals surface area contributed by atoms with Crippen LogP contribution in [0.4, 0.5) is 5.69 Å². The van der Waals surface area contributed by atoms with Crippen LogP contribution in [0.3, 0.4) is 0 Å². The van der Waals surface area contributed by atoms with Crippen LogP contribution in [0.1, 0.15) is 57.3 Å². The third kappa shape index (κ3) is 4.35. The van der Waals surface area contributed by atoms with E-state index in [1.165, 1.54) is 6.20 Å². The van der Waals surface area contributed by atoms with Crippen molar-refractivity contribution in [3.05, 3.63) is 58.4 Å². The minimum atomic E-state index is -0.299. The molecule has 142 valence electrons. The lowest BCUT2D eigenvalue weighted by Gasteiger charge is -2.30. The van der Waals surface area contributed by atoms with Gasteiger partial charge in [-0.25, -0.2) is 0 Å². The second-order valence-electron chi connectivity index (χ2n) is 7.63. The van der Waals surface area contributed by atoms with E-state index in [0.717, 1.165) is 48.3 Å². The first-order valence-electron chi connectivity index (χ1n) is 9.49. The maximum atomic E-state index is 12.8. The number of nitrogens with one attached hydrogen (secondary N) is 1. The van der Waals surface area contributed by atoms with Gasteiger partial charge >= 0.3 is 0 Å². The summed E-state index contributed by atoms with van der Waals surface area (Å²) >= 11 is 0. The Morgan fingerprint density at radius 1 is 1.07 bits per heavy atom. The third-order valence-corrected chi connectivity index (χ3v) is 5.23. The van der Waals surface area contributed by atoms with E-state index in [2.05, 4.69) is 17.2 Å². The van der Waals surface area contributed by atoms with Crippen molar-refractivity contribution in [2.45, 2.75) is 40.5 Å². The molecular formula is C22H27N3O2. The molecule has 0 saturated carbocycles. The molecule has 1 aromatic heterocycles. The van der Waals surface area contributed by atoms with Crippen LogP contribution in [0, 0.1) is 26.7 Å². The van der Waals surface area contributed by atoms with E-state index in [1.807, 2.05) is 37.8 Å². The van der Waals surface area contributed by atoms with Crippen LogP contribution in [0.25, 0.3) is 0 Å². The van der Waals surface area contributed by atoms with Crippen LogP contribution in [0.5, 0.6) is 0 Å². The van der Waals surface area contributed by atoms with E-state index in [0.29, 0.717) is 11.5 Å². The predicted octanol–water partition coefficient (Wildman–Crippen LogP) is 4.13. The van der Waals surface area contributed by atoms with Crippen molar-refractivity contribution in [1.29, 1.82) is 0 Å². The zero-order valence-corrected chi connectivity index (χ0v) is 16.5. The first-order chi connectivity index (χ1) is 12.8. The van der Waals surface area contributed by atoms with Crippen LogP contribution >= 0.6 is 0 Å². The number of rotatable bonds is 3. The lowest BCUT2D eigenvalue weighted by molar-refractivity contribution is 0.0697. The summed E-state index contributed by atoms with van der Waals surface area (Å²) in [6.45, 7) is 9.73. The van der Waals surface area contributed by atoms with Crippen molar-refractivity contribution < 1.29 is 9.59 Å². The van der Waals surface area contributed by atoms with Gasteiger partial charge in [-0.15, -0.1) is 0 Å². The fraction of sp³-hybridized carbons (Fsp3) is 0.409. The van der Waals surface area contributed by atoms with Gasteiger partial charge in [0.2, 0.25) is 0 Å². The fourth-order valence-electron chi connectivity index (χ4n) is 3.64. The molecule has 27 heavy (non-hydrogen) atoms. The van der Waals surface area contributed by atoms with E-state index >= 15 is 0 Å². The minimum absolute atomic E-state index is 0.0268. The molecule has 2 amide bonds. The number of hydrogen-bond acceptors (Lipinski definition) is 3. The van der Waals surface area contributed by atoms with Crippen molar-refractivity contribution in [3.63, 3.8) is 0 Å². The van der Waals surface area contributed by atoms with Crippen molar-refractivity contribution in [3.8, 4) is 0 Å². The lowest BCUT2D eigenvalue weighted by Crippen LogP contribution is -2.38. The van der Waals surface area contributed by atoms with Crippen molar-refractivity contribution >= 4 is 17.5 Å². The largest absolute Gasteiger partial charge is 0.339 e. The molecule has 5 nitrogen and oxygen atoms in total. The Morgan fingerprint density at radius 2 is 1.70 bits per heavy atom. The lowest BCUT2D eigenvalue weighted by atomic mass is 9.98. The number of anilines is 1. The number of aromatic nitrogens is 1. The van der Waals surface area contributed by atoms with Crippen LogP contribution in [0.15, 0.2) is 30.5 Å². The molecule has 1 aromatic carbocycles. The molecule has 3 rings (SSSR count). The molecule has 1 fully saturated rings. The number of benzene rings is 1. The number of carbonyl (C=O) groups excluding carboxylic acids is 2. The highest BCUT2D eigenvalue weighted by Gasteiger charge is 2.22. The van der Waals surface area contributed by atoms with Gasteiger partial charge in [0.1, 0.15) is 5.69 Å². The summed E-state index contributed by atoms with van der Waals surface area (Å²) in [6.07, 6.45) is 3.58. The van der Waals surface area contributed by atoms with Crippen LogP contribution < -0.4 is 5.32 Å². The number of nitrogens with zero attached hydrogens (tertiary/aromatic N) is 2. The van der Waals surface area contributed by atoms with Gasteiger partial charge in [-0.2, -0.15) is 0 Å². The SMILES string of the molecule is Cc1cc(C)c(NC(=O)c2cc(C(=O)N3CCC(C)CC3)ccn2)c(C)c1. The average Bonchev–Trinajstić information content (AvgIpc) is 2.64. The quantitative estimate of drug-likeness (QED) is 0.889. The monoisotopic (exact) mass is 365 g/mol. The summed E-state index contributed by atoms with van der Waals surface area (Å²) in [5.41, 5.74) is 4.75. The highest BCUT2D eigenvalue weighted by Crippen LogP contribution is 2.23. The summed E-state index contributed by atoms with van der Waals surface area (Å²) in [7, 11) is 0. The molecule has 0 radical (unpaired) electrons. The predicted molar refractivity (Wildman–Crippen MR) is 107 cm³/mol. The smallest absolute Gasteiger partial charge is 0.274 e. The first-order valence-corrected chi connectivity index (χ1v) is 9.49. The fourth-order valence-corrected chi connectivity index (χ4v) is 3.64. The number of pyridine rings is 1. The van der Waals surface area contributed by atoms with E-state index in [4.69, 9.17) is 0 Å². The molecule has 5 heteroatoms. The topological polar surface area (TPSA) is 62.3 Å². The van der Waals surface area contributed by atoms with Crippen LogP contribution in [-0.2, 0) is 0 Å². The summed E-state index contributed by atoms with van der Waals surface area (Å²) in [6, 6.07) is 7.34. The van der Waals surface area contributed by atoms with E-state index in [-0.39, 0.29) is 17.5 Å². The van der Waals surface area contributed by atoms with Gasteiger partial charge in [0.25, 0.3) is 11.8 Å². The maximum absolute atomic E-state index is 12.8. The van der Waals surface area contributed by atoms with Crippen LogP contribution in [0.2, 0.25) is 0 Å². The minimum Gasteiger partial charge on any atom is -0.339 e. The molecule has 0 unspecified atom stereocenters. The van der Waals surface area contributed by atoms with Gasteiger partial charge in [0, 0.05) is 30.5 Å². The van der Waals surface area contributed by atoms with E-state index < -0.39 is 0 Å². The number of piperidine rings is 1. The van der Waals surface area contributed by atoms with Crippen LogP contribution in [-0.4, -0.2) is 34.8 Å².